The van der Waals surface area contributed by atoms with Gasteiger partial charge >= 0.3 is 5.97 Å². The molecule has 0 aliphatic carbocycles. The number of carbonyl (C=O) groups excluding carboxylic acids is 2. The highest BCUT2D eigenvalue weighted by Crippen LogP contribution is 2.43. The molecule has 4 nitrogen and oxygen atoms in total. The van der Waals surface area contributed by atoms with Crippen LogP contribution in [0.5, 0.6) is 0 Å². The number of benzene rings is 2. The Morgan fingerprint density at radius 3 is 2.27 bits per heavy atom. The quantitative estimate of drug-likeness (QED) is 0.742. The van der Waals surface area contributed by atoms with Crippen LogP contribution >= 0.6 is 0 Å². The summed E-state index contributed by atoms with van der Waals surface area (Å²) in [4.78, 5) is 29.7. The first-order valence-corrected chi connectivity index (χ1v) is 8.84. The monoisotopic (exact) mass is 349 g/mol. The molecule has 1 unspecified atom stereocenters. The number of ketones is 1. The third kappa shape index (κ3) is 3.45. The number of esters is 1. The van der Waals surface area contributed by atoms with E-state index in [1.54, 1.807) is 6.92 Å². The van der Waals surface area contributed by atoms with Crippen molar-refractivity contribution in [1.82, 2.24) is 0 Å². The molecule has 0 amide bonds. The van der Waals surface area contributed by atoms with Gasteiger partial charge in [0, 0.05) is 18.1 Å². The molecule has 1 aliphatic rings. The van der Waals surface area contributed by atoms with E-state index in [2.05, 4.69) is 0 Å². The minimum Gasteiger partial charge on any atom is -0.467 e. The largest absolute Gasteiger partial charge is 0.467 e. The number of nitrogens with zero attached hydrogens (tertiary/aromatic N) is 1. The van der Waals surface area contributed by atoms with E-state index in [9.17, 15) is 9.59 Å². The maximum absolute atomic E-state index is 12.9. The maximum atomic E-state index is 12.9. The fourth-order valence-corrected chi connectivity index (χ4v) is 3.76. The number of methoxy groups -OCH3 is 1. The van der Waals surface area contributed by atoms with Gasteiger partial charge in [0.05, 0.1) is 7.11 Å². The van der Waals surface area contributed by atoms with Gasteiger partial charge in [-0.2, -0.15) is 0 Å². The van der Waals surface area contributed by atoms with Crippen LogP contribution in [-0.4, -0.2) is 30.1 Å². The van der Waals surface area contributed by atoms with Crippen LogP contribution in [0, 0.1) is 0 Å². The van der Waals surface area contributed by atoms with E-state index in [-0.39, 0.29) is 24.1 Å². The minimum absolute atomic E-state index is 0.0329. The molecular weight excluding hydrogens is 326 g/mol. The van der Waals surface area contributed by atoms with Gasteiger partial charge in [-0.15, -0.1) is 0 Å². The number of hydrogen-bond donors (Lipinski definition) is 0. The Morgan fingerprint density at radius 2 is 1.69 bits per heavy atom. The number of carbonyl (C=O) groups is 2. The van der Waals surface area contributed by atoms with E-state index in [1.807, 2.05) is 60.7 Å². The smallest absolute Gasteiger partial charge is 0.334 e. The molecule has 2 atom stereocenters. The second-order valence-corrected chi connectivity index (χ2v) is 6.71. The van der Waals surface area contributed by atoms with Gasteiger partial charge < -0.3 is 9.53 Å². The second kappa shape index (κ2) is 7.65. The highest BCUT2D eigenvalue weighted by molar-refractivity contribution is 6.05. The van der Waals surface area contributed by atoms with Gasteiger partial charge in [-0.25, -0.2) is 4.79 Å². The molecule has 0 spiro atoms. The van der Waals surface area contributed by atoms with Crippen LogP contribution in [-0.2, 0) is 14.3 Å². The molecule has 134 valence electrons. The number of aliphatic imine (C=N–C) groups is 1. The molecule has 1 aliphatic heterocycles. The summed E-state index contributed by atoms with van der Waals surface area (Å²) < 4.78 is 5.15. The van der Waals surface area contributed by atoms with E-state index in [1.165, 1.54) is 7.11 Å². The number of rotatable bonds is 6. The zero-order valence-corrected chi connectivity index (χ0v) is 15.1. The van der Waals surface area contributed by atoms with Crippen molar-refractivity contribution in [1.29, 1.82) is 0 Å². The molecule has 2 aromatic carbocycles. The lowest BCUT2D eigenvalue weighted by atomic mass is 9.75. The highest BCUT2D eigenvalue weighted by Gasteiger charge is 2.50. The first-order valence-electron chi connectivity index (χ1n) is 8.84. The summed E-state index contributed by atoms with van der Waals surface area (Å²) in [6.45, 7) is 1.55. The highest BCUT2D eigenvalue weighted by atomic mass is 16.5. The molecule has 1 heterocycles. The van der Waals surface area contributed by atoms with Crippen LogP contribution in [0.15, 0.2) is 65.7 Å². The lowest BCUT2D eigenvalue weighted by Crippen LogP contribution is -2.42. The Labute approximate surface area is 153 Å². The first-order chi connectivity index (χ1) is 12.6. The van der Waals surface area contributed by atoms with Crippen LogP contribution in [0.4, 0.5) is 0 Å². The van der Waals surface area contributed by atoms with Crippen molar-refractivity contribution in [2.45, 2.75) is 37.6 Å². The average Bonchev–Trinajstić information content (AvgIpc) is 3.13. The molecule has 0 N–H and O–H groups in total. The standard InChI is InChI=1S/C22H23NO3/c1-16(24)15-19(17-9-5-3-6-10-17)22(21(25)26-2)14-13-20(23-22)18-11-7-4-8-12-18/h3-12,19H,13-15H2,1-2H3/t19?,22-/m0/s1. The van der Waals surface area contributed by atoms with E-state index in [0.29, 0.717) is 12.8 Å². The normalized spacial score (nSPS) is 20.3. The fraction of sp³-hybridized carbons (Fsp3) is 0.318. The van der Waals surface area contributed by atoms with E-state index < -0.39 is 5.54 Å². The lowest BCUT2D eigenvalue weighted by molar-refractivity contribution is -0.148. The Balaban J connectivity index is 2.11. The maximum Gasteiger partial charge on any atom is 0.334 e. The van der Waals surface area contributed by atoms with Gasteiger partial charge in [0.1, 0.15) is 5.78 Å². The number of hydrogen-bond acceptors (Lipinski definition) is 4. The van der Waals surface area contributed by atoms with Crippen molar-refractivity contribution in [3.63, 3.8) is 0 Å². The van der Waals surface area contributed by atoms with Crippen molar-refractivity contribution in [2.24, 2.45) is 4.99 Å². The van der Waals surface area contributed by atoms with Crippen molar-refractivity contribution in [3.8, 4) is 0 Å². The van der Waals surface area contributed by atoms with Gasteiger partial charge in [0.15, 0.2) is 5.54 Å². The molecule has 0 radical (unpaired) electrons. The van der Waals surface area contributed by atoms with Crippen LogP contribution in [0.2, 0.25) is 0 Å². The van der Waals surface area contributed by atoms with Crippen molar-refractivity contribution in [3.05, 3.63) is 71.8 Å². The average molecular weight is 349 g/mol. The summed E-state index contributed by atoms with van der Waals surface area (Å²) in [7, 11) is 1.38. The third-order valence-corrected chi connectivity index (χ3v) is 4.99. The van der Waals surface area contributed by atoms with Gasteiger partial charge in [0.2, 0.25) is 0 Å². The molecule has 0 fully saturated rings. The van der Waals surface area contributed by atoms with Crippen molar-refractivity contribution in [2.75, 3.05) is 7.11 Å². The van der Waals surface area contributed by atoms with Crippen LogP contribution in [0.1, 0.15) is 43.2 Å². The predicted molar refractivity (Wildman–Crippen MR) is 101 cm³/mol. The summed E-state index contributed by atoms with van der Waals surface area (Å²) >= 11 is 0. The number of ether oxygens (including phenoxy) is 1. The second-order valence-electron chi connectivity index (χ2n) is 6.71. The molecule has 26 heavy (non-hydrogen) atoms. The van der Waals surface area contributed by atoms with Gasteiger partial charge in [0.25, 0.3) is 0 Å². The predicted octanol–water partition coefficient (Wildman–Crippen LogP) is 3.94. The Kier molecular flexibility index (Phi) is 5.31. The first kappa shape index (κ1) is 18.1. The van der Waals surface area contributed by atoms with Crippen LogP contribution in [0.25, 0.3) is 0 Å². The van der Waals surface area contributed by atoms with E-state index >= 15 is 0 Å². The third-order valence-electron chi connectivity index (χ3n) is 4.99. The summed E-state index contributed by atoms with van der Waals surface area (Å²) in [6, 6.07) is 19.5. The van der Waals surface area contributed by atoms with Crippen molar-refractivity contribution < 1.29 is 14.3 Å². The zero-order chi connectivity index (χ0) is 18.6. The summed E-state index contributed by atoms with van der Waals surface area (Å²) in [5, 5.41) is 0. The Hall–Kier alpha value is -2.75. The van der Waals surface area contributed by atoms with E-state index in [4.69, 9.17) is 9.73 Å². The summed E-state index contributed by atoms with van der Waals surface area (Å²) in [5.41, 5.74) is 1.77. The fourth-order valence-electron chi connectivity index (χ4n) is 3.76. The zero-order valence-electron chi connectivity index (χ0n) is 15.1. The molecule has 0 bridgehead atoms. The summed E-state index contributed by atoms with van der Waals surface area (Å²) in [6.07, 6.45) is 1.47. The van der Waals surface area contributed by atoms with Crippen LogP contribution < -0.4 is 0 Å². The molecule has 3 rings (SSSR count). The van der Waals surface area contributed by atoms with E-state index in [0.717, 1.165) is 16.8 Å². The SMILES string of the molecule is COC(=O)[C@@]1(C(CC(C)=O)c2ccccc2)CCC(c2ccccc2)=N1. The van der Waals surface area contributed by atoms with Gasteiger partial charge in [-0.1, -0.05) is 60.7 Å². The molecule has 0 saturated heterocycles. The molecule has 2 aromatic rings. The topological polar surface area (TPSA) is 55.7 Å². The minimum atomic E-state index is -1.06. The summed E-state index contributed by atoms with van der Waals surface area (Å²) in [5.74, 6) is -0.682. The molecule has 0 aromatic heterocycles. The van der Waals surface area contributed by atoms with Gasteiger partial charge in [-0.3, -0.25) is 4.99 Å². The Bertz CT molecular complexity index is 814. The van der Waals surface area contributed by atoms with Gasteiger partial charge in [-0.05, 0) is 30.9 Å². The van der Waals surface area contributed by atoms with Crippen LogP contribution in [0.3, 0.4) is 0 Å². The Morgan fingerprint density at radius 1 is 1.08 bits per heavy atom. The lowest BCUT2D eigenvalue weighted by Gasteiger charge is -2.32. The number of Topliss-reactive ketones (excluding diaryl/α,β-unsaturated/α-hetero) is 1. The molecular formula is C22H23NO3. The molecule has 0 saturated carbocycles. The van der Waals surface area contributed by atoms with Crippen molar-refractivity contribution >= 4 is 17.5 Å². The molecule has 4 heteroatoms.